The van der Waals surface area contributed by atoms with Crippen LogP contribution in [0, 0.1) is 11.8 Å². The Morgan fingerprint density at radius 1 is 1.44 bits per heavy atom. The highest BCUT2D eigenvalue weighted by Gasteiger charge is 2.25. The maximum absolute atomic E-state index is 11.6. The molecule has 1 amide bonds. The Morgan fingerprint density at radius 3 is 2.44 bits per heavy atom. The van der Waals surface area contributed by atoms with Crippen molar-refractivity contribution in [2.75, 3.05) is 19.7 Å². The van der Waals surface area contributed by atoms with Gasteiger partial charge in [-0.2, -0.15) is 0 Å². The predicted octanol–water partition coefficient (Wildman–Crippen LogP) is 1.77. The van der Waals surface area contributed by atoms with Crippen LogP contribution in [0.4, 0.5) is 4.79 Å². The van der Waals surface area contributed by atoms with Crippen molar-refractivity contribution >= 4 is 6.09 Å². The van der Waals surface area contributed by atoms with Crippen molar-refractivity contribution in [2.45, 2.75) is 46.1 Å². The summed E-state index contributed by atoms with van der Waals surface area (Å²) in [5.74, 6) is 0.889. The molecular weight excluding hydrogens is 232 g/mol. The molecular formula is C13H26N2O3. The van der Waals surface area contributed by atoms with Crippen LogP contribution in [0.15, 0.2) is 0 Å². The van der Waals surface area contributed by atoms with Gasteiger partial charge in [-0.25, -0.2) is 9.80 Å². The Kier molecular flexibility index (Phi) is 5.41. The van der Waals surface area contributed by atoms with Gasteiger partial charge in [0.1, 0.15) is 5.60 Å². The highest BCUT2D eigenvalue weighted by molar-refractivity contribution is 5.67. The fraction of sp³-hybridized carbons (Fsp3) is 0.923. The van der Waals surface area contributed by atoms with Gasteiger partial charge in [-0.05, 0) is 45.4 Å². The molecule has 5 heteroatoms. The number of aliphatic hydroxyl groups is 1. The largest absolute Gasteiger partial charge is 0.443 e. The first-order valence-corrected chi connectivity index (χ1v) is 6.67. The molecule has 1 aliphatic heterocycles. The Hall–Kier alpha value is -0.810. The zero-order valence-corrected chi connectivity index (χ0v) is 11.9. The molecule has 0 saturated carbocycles. The van der Waals surface area contributed by atoms with E-state index in [0.29, 0.717) is 11.8 Å². The molecule has 0 aromatic heterocycles. The maximum atomic E-state index is 11.6. The molecule has 18 heavy (non-hydrogen) atoms. The fourth-order valence-electron chi connectivity index (χ4n) is 2.16. The number of carbonyl (C=O) groups is 1. The number of carbonyl (C=O) groups excluding carboxylic acids is 1. The summed E-state index contributed by atoms with van der Waals surface area (Å²) in [4.78, 5) is 11.6. The maximum Gasteiger partial charge on any atom is 0.422 e. The first kappa shape index (κ1) is 15.2. The average Bonchev–Trinajstić information content (AvgIpc) is 2.26. The molecule has 1 heterocycles. The van der Waals surface area contributed by atoms with Gasteiger partial charge in [-0.3, -0.25) is 5.43 Å². The van der Waals surface area contributed by atoms with Crippen LogP contribution in [0.3, 0.4) is 0 Å². The lowest BCUT2D eigenvalue weighted by Gasteiger charge is -2.34. The Labute approximate surface area is 109 Å². The standard InChI is InChI=1S/C13H26N2O3/c1-10(9-16)11-5-7-15(8-6-11)14-12(17)18-13(2,3)4/h10-11,16H,5-9H2,1-4H3,(H,14,17)/t10-/m0/s1. The summed E-state index contributed by atoms with van der Waals surface area (Å²) in [6.45, 7) is 9.49. The molecule has 0 radical (unpaired) electrons. The van der Waals surface area contributed by atoms with Gasteiger partial charge in [0.2, 0.25) is 0 Å². The molecule has 0 aromatic rings. The van der Waals surface area contributed by atoms with E-state index < -0.39 is 11.7 Å². The third kappa shape index (κ3) is 5.23. The summed E-state index contributed by atoms with van der Waals surface area (Å²) in [7, 11) is 0. The van der Waals surface area contributed by atoms with Crippen molar-refractivity contribution < 1.29 is 14.6 Å². The molecule has 1 rings (SSSR count). The first-order valence-electron chi connectivity index (χ1n) is 6.67. The fourth-order valence-corrected chi connectivity index (χ4v) is 2.16. The minimum atomic E-state index is -0.464. The highest BCUT2D eigenvalue weighted by Crippen LogP contribution is 2.23. The molecule has 1 fully saturated rings. The summed E-state index contributed by atoms with van der Waals surface area (Å²) >= 11 is 0. The second-order valence-electron chi connectivity index (χ2n) is 6.10. The van der Waals surface area contributed by atoms with Gasteiger partial charge in [-0.1, -0.05) is 6.92 Å². The van der Waals surface area contributed by atoms with E-state index in [0.717, 1.165) is 25.9 Å². The van der Waals surface area contributed by atoms with E-state index in [1.54, 1.807) is 0 Å². The third-order valence-electron chi connectivity index (χ3n) is 3.28. The molecule has 0 bridgehead atoms. The number of hydrogen-bond donors (Lipinski definition) is 2. The van der Waals surface area contributed by atoms with Crippen LogP contribution < -0.4 is 5.43 Å². The minimum absolute atomic E-state index is 0.240. The monoisotopic (exact) mass is 258 g/mol. The van der Waals surface area contributed by atoms with Gasteiger partial charge in [-0.15, -0.1) is 0 Å². The highest BCUT2D eigenvalue weighted by atomic mass is 16.6. The van der Waals surface area contributed by atoms with Crippen molar-refractivity contribution in [3.8, 4) is 0 Å². The summed E-state index contributed by atoms with van der Waals surface area (Å²) in [6.07, 6.45) is 1.60. The van der Waals surface area contributed by atoms with E-state index in [-0.39, 0.29) is 6.61 Å². The van der Waals surface area contributed by atoms with E-state index >= 15 is 0 Å². The number of piperidine rings is 1. The number of rotatable bonds is 3. The number of ether oxygens (including phenoxy) is 1. The lowest BCUT2D eigenvalue weighted by molar-refractivity contribution is 0.0222. The van der Waals surface area contributed by atoms with Gasteiger partial charge >= 0.3 is 6.09 Å². The van der Waals surface area contributed by atoms with Crippen LogP contribution in [0.1, 0.15) is 40.5 Å². The number of nitrogens with one attached hydrogen (secondary N) is 1. The molecule has 0 aliphatic carbocycles. The summed E-state index contributed by atoms with van der Waals surface area (Å²) in [5.41, 5.74) is 2.30. The van der Waals surface area contributed by atoms with E-state index in [9.17, 15) is 4.79 Å². The predicted molar refractivity (Wildman–Crippen MR) is 69.9 cm³/mol. The molecule has 106 valence electrons. The van der Waals surface area contributed by atoms with Crippen molar-refractivity contribution in [3.63, 3.8) is 0 Å². The molecule has 0 aromatic carbocycles. The van der Waals surface area contributed by atoms with Crippen LogP contribution in [0.25, 0.3) is 0 Å². The molecule has 1 saturated heterocycles. The topological polar surface area (TPSA) is 61.8 Å². The lowest BCUT2D eigenvalue weighted by atomic mass is 9.86. The quantitative estimate of drug-likeness (QED) is 0.810. The third-order valence-corrected chi connectivity index (χ3v) is 3.28. The van der Waals surface area contributed by atoms with Crippen molar-refractivity contribution in [3.05, 3.63) is 0 Å². The average molecular weight is 258 g/mol. The Balaban J connectivity index is 2.29. The molecule has 2 N–H and O–H groups in total. The number of amides is 1. The normalized spacial score (nSPS) is 20.5. The number of aliphatic hydroxyl groups excluding tert-OH is 1. The summed E-state index contributed by atoms with van der Waals surface area (Å²) in [5, 5.41) is 11.0. The van der Waals surface area contributed by atoms with Gasteiger partial charge in [0, 0.05) is 19.7 Å². The lowest BCUT2D eigenvalue weighted by Crippen LogP contribution is -2.49. The smallest absolute Gasteiger partial charge is 0.422 e. The van der Waals surface area contributed by atoms with Gasteiger partial charge in [0.05, 0.1) is 0 Å². The summed E-state index contributed by atoms with van der Waals surface area (Å²) in [6, 6.07) is 0. The van der Waals surface area contributed by atoms with Gasteiger partial charge < -0.3 is 9.84 Å². The minimum Gasteiger partial charge on any atom is -0.443 e. The second kappa shape index (κ2) is 6.38. The molecule has 0 spiro atoms. The van der Waals surface area contributed by atoms with Crippen molar-refractivity contribution in [1.29, 1.82) is 0 Å². The van der Waals surface area contributed by atoms with Gasteiger partial charge in [0.25, 0.3) is 0 Å². The van der Waals surface area contributed by atoms with E-state index in [1.807, 2.05) is 25.8 Å². The van der Waals surface area contributed by atoms with Crippen molar-refractivity contribution in [1.82, 2.24) is 10.4 Å². The molecule has 5 nitrogen and oxygen atoms in total. The van der Waals surface area contributed by atoms with Crippen molar-refractivity contribution in [2.24, 2.45) is 11.8 Å². The SMILES string of the molecule is C[C@@H](CO)C1CCN(NC(=O)OC(C)(C)C)CC1. The second-order valence-corrected chi connectivity index (χ2v) is 6.10. The van der Waals surface area contributed by atoms with Crippen LogP contribution in [-0.4, -0.2) is 41.5 Å². The number of nitrogens with zero attached hydrogens (tertiary/aromatic N) is 1. The van der Waals surface area contributed by atoms with Crippen LogP contribution in [0.2, 0.25) is 0 Å². The summed E-state index contributed by atoms with van der Waals surface area (Å²) < 4.78 is 5.20. The molecule has 1 aliphatic rings. The zero-order valence-electron chi connectivity index (χ0n) is 11.9. The zero-order chi connectivity index (χ0) is 13.8. The number of hydrogen-bond acceptors (Lipinski definition) is 4. The van der Waals surface area contributed by atoms with E-state index in [2.05, 4.69) is 12.3 Å². The Morgan fingerprint density at radius 2 is 2.00 bits per heavy atom. The first-order chi connectivity index (χ1) is 8.31. The van der Waals surface area contributed by atoms with E-state index in [4.69, 9.17) is 9.84 Å². The molecule has 1 atom stereocenters. The van der Waals surface area contributed by atoms with Gasteiger partial charge in [0.15, 0.2) is 0 Å². The Bertz CT molecular complexity index is 268. The van der Waals surface area contributed by atoms with Crippen LogP contribution >= 0.6 is 0 Å². The number of hydrazine groups is 1. The van der Waals surface area contributed by atoms with Crippen LogP contribution in [-0.2, 0) is 4.74 Å². The van der Waals surface area contributed by atoms with Crippen LogP contribution in [0.5, 0.6) is 0 Å². The van der Waals surface area contributed by atoms with E-state index in [1.165, 1.54) is 0 Å². The molecule has 0 unspecified atom stereocenters.